The second kappa shape index (κ2) is 7.98. The summed E-state index contributed by atoms with van der Waals surface area (Å²) in [6.07, 6.45) is 2.34. The predicted molar refractivity (Wildman–Crippen MR) is 100 cm³/mol. The summed E-state index contributed by atoms with van der Waals surface area (Å²) in [6.45, 7) is 6.04. The van der Waals surface area contributed by atoms with E-state index in [1.54, 1.807) is 0 Å². The van der Waals surface area contributed by atoms with Crippen LogP contribution in [0.3, 0.4) is 0 Å². The third-order valence-corrected chi connectivity index (χ3v) is 5.99. The Morgan fingerprint density at radius 3 is 2.92 bits per heavy atom. The molecule has 3 rings (SSSR count). The van der Waals surface area contributed by atoms with Gasteiger partial charge in [0, 0.05) is 18.8 Å². The molecule has 0 aliphatic carbocycles. The summed E-state index contributed by atoms with van der Waals surface area (Å²) in [7, 11) is 0. The van der Waals surface area contributed by atoms with E-state index < -0.39 is 0 Å². The van der Waals surface area contributed by atoms with Crippen molar-refractivity contribution in [2.24, 2.45) is 5.92 Å². The quantitative estimate of drug-likeness (QED) is 0.817. The summed E-state index contributed by atoms with van der Waals surface area (Å²) in [4.78, 5) is 14.3. The Kier molecular flexibility index (Phi) is 5.73. The van der Waals surface area contributed by atoms with Crippen LogP contribution >= 0.6 is 23.1 Å². The maximum atomic E-state index is 12.3. The lowest BCUT2D eigenvalue weighted by atomic mass is 10.0. The van der Waals surface area contributed by atoms with Gasteiger partial charge >= 0.3 is 0 Å². The average Bonchev–Trinajstić information content (AvgIpc) is 3.02. The lowest BCUT2D eigenvalue weighted by Gasteiger charge is -2.30. The smallest absolute Gasteiger partial charge is 0.233 e. The molecule has 1 amide bonds. The SMILES string of the molecule is Cc1ccc(Nc2nnc(SCC(=O)N3CCC[C@@H](C)C3)s2)cc1. The molecule has 128 valence electrons. The standard InChI is InChI=1S/C17H22N4OS2/c1-12-5-7-14(8-6-12)18-16-19-20-17(24-16)23-11-15(22)21-9-3-4-13(2)10-21/h5-8,13H,3-4,9-11H2,1-2H3,(H,18,19)/t13-/m1/s1. The number of rotatable bonds is 5. The molecule has 0 bridgehead atoms. The van der Waals surface area contributed by atoms with Gasteiger partial charge in [-0.25, -0.2) is 0 Å². The minimum atomic E-state index is 0.204. The van der Waals surface area contributed by atoms with Gasteiger partial charge in [-0.1, -0.05) is 47.7 Å². The van der Waals surface area contributed by atoms with Crippen LogP contribution in [0.4, 0.5) is 10.8 Å². The Balaban J connectivity index is 1.50. The normalized spacial score (nSPS) is 17.8. The molecule has 0 radical (unpaired) electrons. The number of nitrogens with zero attached hydrogens (tertiary/aromatic N) is 3. The van der Waals surface area contributed by atoms with Gasteiger partial charge in [0.1, 0.15) is 0 Å². The van der Waals surface area contributed by atoms with Crippen LogP contribution in [0.25, 0.3) is 0 Å². The van der Waals surface area contributed by atoms with Crippen molar-refractivity contribution in [1.29, 1.82) is 0 Å². The zero-order valence-corrected chi connectivity index (χ0v) is 15.6. The van der Waals surface area contributed by atoms with Crippen LogP contribution in [0.1, 0.15) is 25.3 Å². The molecule has 2 heterocycles. The van der Waals surface area contributed by atoms with Crippen molar-refractivity contribution in [3.63, 3.8) is 0 Å². The van der Waals surface area contributed by atoms with Gasteiger partial charge in [-0.2, -0.15) is 0 Å². The summed E-state index contributed by atoms with van der Waals surface area (Å²) >= 11 is 2.95. The number of likely N-dealkylation sites (tertiary alicyclic amines) is 1. The Bertz CT molecular complexity index is 686. The number of amides is 1. The van der Waals surface area contributed by atoms with E-state index in [0.717, 1.165) is 34.7 Å². The molecule has 2 aromatic rings. The predicted octanol–water partition coefficient (Wildman–Crippen LogP) is 3.94. The fraction of sp³-hybridized carbons (Fsp3) is 0.471. The van der Waals surface area contributed by atoms with Gasteiger partial charge < -0.3 is 10.2 Å². The van der Waals surface area contributed by atoms with Gasteiger partial charge in [0.2, 0.25) is 11.0 Å². The number of piperidine rings is 1. The van der Waals surface area contributed by atoms with Crippen molar-refractivity contribution < 1.29 is 4.79 Å². The van der Waals surface area contributed by atoms with Crippen LogP contribution in [0.15, 0.2) is 28.6 Å². The molecule has 0 unspecified atom stereocenters. The molecule has 1 aliphatic heterocycles. The number of hydrogen-bond acceptors (Lipinski definition) is 6. The molecule has 1 aliphatic rings. The molecule has 7 heteroatoms. The summed E-state index contributed by atoms with van der Waals surface area (Å²) in [5.41, 5.74) is 2.21. The van der Waals surface area contributed by atoms with E-state index in [-0.39, 0.29) is 5.91 Å². The number of anilines is 2. The first-order valence-electron chi connectivity index (χ1n) is 8.18. The molecule has 1 aromatic carbocycles. The first-order valence-corrected chi connectivity index (χ1v) is 9.98. The van der Waals surface area contributed by atoms with Gasteiger partial charge in [0.25, 0.3) is 0 Å². The van der Waals surface area contributed by atoms with Crippen LogP contribution in [0.5, 0.6) is 0 Å². The number of nitrogens with one attached hydrogen (secondary N) is 1. The Morgan fingerprint density at radius 1 is 1.38 bits per heavy atom. The van der Waals surface area contributed by atoms with E-state index in [0.29, 0.717) is 11.7 Å². The number of hydrogen-bond donors (Lipinski definition) is 1. The van der Waals surface area contributed by atoms with Crippen molar-refractivity contribution in [1.82, 2.24) is 15.1 Å². The second-order valence-corrected chi connectivity index (χ2v) is 8.44. The van der Waals surface area contributed by atoms with Crippen LogP contribution in [0.2, 0.25) is 0 Å². The number of carbonyl (C=O) groups is 1. The van der Waals surface area contributed by atoms with E-state index in [4.69, 9.17) is 0 Å². The highest BCUT2D eigenvalue weighted by atomic mass is 32.2. The van der Waals surface area contributed by atoms with E-state index >= 15 is 0 Å². The second-order valence-electron chi connectivity index (χ2n) is 6.24. The monoisotopic (exact) mass is 362 g/mol. The van der Waals surface area contributed by atoms with Gasteiger partial charge in [-0.05, 0) is 37.8 Å². The molecular weight excluding hydrogens is 340 g/mol. The van der Waals surface area contributed by atoms with Crippen LogP contribution in [-0.4, -0.2) is 39.8 Å². The van der Waals surface area contributed by atoms with E-state index in [1.807, 2.05) is 17.0 Å². The number of aryl methyl sites for hydroxylation is 1. The molecule has 1 fully saturated rings. The summed E-state index contributed by atoms with van der Waals surface area (Å²) in [5.74, 6) is 1.25. The van der Waals surface area contributed by atoms with Crippen LogP contribution < -0.4 is 5.32 Å². The van der Waals surface area contributed by atoms with Crippen molar-refractivity contribution in [2.45, 2.75) is 31.0 Å². The van der Waals surface area contributed by atoms with Crippen molar-refractivity contribution in [2.75, 3.05) is 24.2 Å². The number of benzene rings is 1. The lowest BCUT2D eigenvalue weighted by molar-refractivity contribution is -0.130. The van der Waals surface area contributed by atoms with Crippen molar-refractivity contribution in [3.05, 3.63) is 29.8 Å². The van der Waals surface area contributed by atoms with E-state index in [2.05, 4.69) is 41.5 Å². The minimum absolute atomic E-state index is 0.204. The molecule has 5 nitrogen and oxygen atoms in total. The highest BCUT2D eigenvalue weighted by molar-refractivity contribution is 8.01. The van der Waals surface area contributed by atoms with Crippen LogP contribution in [0, 0.1) is 12.8 Å². The topological polar surface area (TPSA) is 58.1 Å². The first-order chi connectivity index (χ1) is 11.6. The lowest BCUT2D eigenvalue weighted by Crippen LogP contribution is -2.40. The van der Waals surface area contributed by atoms with Gasteiger partial charge in [0.15, 0.2) is 4.34 Å². The Hall–Kier alpha value is -1.60. The fourth-order valence-corrected chi connectivity index (χ4v) is 4.38. The largest absolute Gasteiger partial charge is 0.342 e. The number of aromatic nitrogens is 2. The van der Waals surface area contributed by atoms with E-state index in [9.17, 15) is 4.79 Å². The van der Waals surface area contributed by atoms with Crippen molar-refractivity contribution >= 4 is 39.8 Å². The molecular formula is C17H22N4OS2. The Labute approximate surface area is 150 Å². The molecule has 0 spiro atoms. The third-order valence-electron chi connectivity index (χ3n) is 4.04. The molecule has 24 heavy (non-hydrogen) atoms. The summed E-state index contributed by atoms with van der Waals surface area (Å²) in [6, 6.07) is 8.14. The van der Waals surface area contributed by atoms with Gasteiger partial charge in [-0.3, -0.25) is 4.79 Å². The molecule has 1 atom stereocenters. The Morgan fingerprint density at radius 2 is 2.17 bits per heavy atom. The first kappa shape index (κ1) is 17.2. The summed E-state index contributed by atoms with van der Waals surface area (Å²) < 4.78 is 0.822. The highest BCUT2D eigenvalue weighted by Crippen LogP contribution is 2.28. The number of carbonyl (C=O) groups excluding carboxylic acids is 1. The average molecular weight is 363 g/mol. The van der Waals surface area contributed by atoms with Crippen molar-refractivity contribution in [3.8, 4) is 0 Å². The maximum Gasteiger partial charge on any atom is 0.233 e. The third kappa shape index (κ3) is 4.70. The van der Waals surface area contributed by atoms with Gasteiger partial charge in [0.05, 0.1) is 5.75 Å². The van der Waals surface area contributed by atoms with E-state index in [1.165, 1.54) is 35.1 Å². The zero-order valence-electron chi connectivity index (χ0n) is 14.0. The zero-order chi connectivity index (χ0) is 16.9. The highest BCUT2D eigenvalue weighted by Gasteiger charge is 2.21. The number of thioether (sulfide) groups is 1. The fourth-order valence-electron chi connectivity index (χ4n) is 2.71. The molecule has 1 saturated heterocycles. The maximum absolute atomic E-state index is 12.3. The van der Waals surface area contributed by atoms with Crippen LogP contribution in [-0.2, 0) is 4.79 Å². The van der Waals surface area contributed by atoms with Gasteiger partial charge in [-0.15, -0.1) is 10.2 Å². The minimum Gasteiger partial charge on any atom is -0.342 e. The molecule has 1 aromatic heterocycles. The molecule has 0 saturated carbocycles. The molecule has 1 N–H and O–H groups in total. The summed E-state index contributed by atoms with van der Waals surface area (Å²) in [5, 5.41) is 12.3.